The first-order chi connectivity index (χ1) is 29.3. The third-order valence-corrected chi connectivity index (χ3v) is 13.4. The molecular weight excluding hydrogens is 741 g/mol. The smallest absolute Gasteiger partial charge is 0.261 e. The lowest BCUT2D eigenvalue weighted by atomic mass is 9.77. The number of unbranched alkanes of at least 4 members (excludes halogenated alkanes) is 4. The first-order valence-corrected chi connectivity index (χ1v) is 22.5. The molecule has 60 heavy (non-hydrogen) atoms. The molecule has 7 aromatic rings. The van der Waals surface area contributed by atoms with Crippen LogP contribution >= 0.6 is 0 Å². The van der Waals surface area contributed by atoms with E-state index in [1.165, 1.54) is 0 Å². The van der Waals surface area contributed by atoms with Gasteiger partial charge in [-0.3, -0.25) is 29.0 Å². The van der Waals surface area contributed by atoms with Crippen LogP contribution in [0, 0.1) is 0 Å². The van der Waals surface area contributed by atoms with Gasteiger partial charge in [-0.05, 0) is 105 Å². The highest BCUT2D eigenvalue weighted by Gasteiger charge is 2.41. The molecule has 6 nitrogen and oxygen atoms in total. The fourth-order valence-electron chi connectivity index (χ4n) is 10.4. The van der Waals surface area contributed by atoms with Crippen molar-refractivity contribution in [1.82, 2.24) is 9.80 Å². The molecule has 0 saturated heterocycles. The zero-order chi connectivity index (χ0) is 41.7. The van der Waals surface area contributed by atoms with E-state index >= 15 is 9.59 Å². The van der Waals surface area contributed by atoms with Gasteiger partial charge in [-0.2, -0.15) is 0 Å². The molecule has 0 unspecified atom stereocenters. The molecule has 0 N–H and O–H groups in total. The molecule has 4 amide bonds. The lowest BCUT2D eigenvalue weighted by Gasteiger charge is -2.36. The highest BCUT2D eigenvalue weighted by molar-refractivity contribution is 6.44. The number of carbonyl (C=O) groups is 4. The Morgan fingerprint density at radius 3 is 1.03 bits per heavy atom. The summed E-state index contributed by atoms with van der Waals surface area (Å²) in [6.45, 7) is 8.60. The molecule has 6 heteroatoms. The predicted octanol–water partition coefficient (Wildman–Crippen LogP) is 13.8. The molecule has 0 bridgehead atoms. The van der Waals surface area contributed by atoms with Crippen LogP contribution in [0.5, 0.6) is 0 Å². The second-order valence-electron chi connectivity index (χ2n) is 17.1. The number of benzene rings is 7. The van der Waals surface area contributed by atoms with Crippen LogP contribution in [0.25, 0.3) is 65.3 Å². The van der Waals surface area contributed by atoms with Crippen molar-refractivity contribution in [2.45, 2.75) is 117 Å². The van der Waals surface area contributed by atoms with E-state index in [4.69, 9.17) is 0 Å². The predicted molar refractivity (Wildman–Crippen MR) is 245 cm³/mol. The zero-order valence-corrected chi connectivity index (χ0v) is 35.4. The maximum absolute atomic E-state index is 15.1. The summed E-state index contributed by atoms with van der Waals surface area (Å²) in [6, 6.07) is 31.9. The van der Waals surface area contributed by atoms with E-state index in [9.17, 15) is 9.59 Å². The normalized spacial score (nSPS) is 14.2. The van der Waals surface area contributed by atoms with Crippen LogP contribution < -0.4 is 0 Å². The summed E-state index contributed by atoms with van der Waals surface area (Å²) in [5.41, 5.74) is 5.86. The van der Waals surface area contributed by atoms with E-state index in [-0.39, 0.29) is 35.7 Å². The maximum atomic E-state index is 15.1. The maximum Gasteiger partial charge on any atom is 0.261 e. The Balaban J connectivity index is 1.40. The number of imide groups is 2. The molecule has 2 aliphatic rings. The Hall–Kier alpha value is -5.88. The zero-order valence-electron chi connectivity index (χ0n) is 35.4. The van der Waals surface area contributed by atoms with E-state index in [1.54, 1.807) is 9.80 Å². The summed E-state index contributed by atoms with van der Waals surface area (Å²) in [4.78, 5) is 63.0. The molecule has 0 aromatic heterocycles. The molecule has 0 saturated carbocycles. The Labute approximate surface area is 352 Å². The molecule has 0 radical (unpaired) electrons. The summed E-state index contributed by atoms with van der Waals surface area (Å²) >= 11 is 0. The van der Waals surface area contributed by atoms with Crippen LogP contribution in [-0.4, -0.2) is 45.5 Å². The van der Waals surface area contributed by atoms with Gasteiger partial charge in [-0.1, -0.05) is 152 Å². The van der Waals surface area contributed by atoms with E-state index < -0.39 is 0 Å². The van der Waals surface area contributed by atoms with E-state index in [0.717, 1.165) is 132 Å². The molecule has 7 aromatic carbocycles. The van der Waals surface area contributed by atoms with Crippen molar-refractivity contribution in [1.29, 1.82) is 0 Å². The quantitative estimate of drug-likeness (QED) is 0.0555. The average molecular weight is 795 g/mol. The van der Waals surface area contributed by atoms with Crippen LogP contribution in [0.2, 0.25) is 0 Å². The van der Waals surface area contributed by atoms with Crippen LogP contribution in [0.3, 0.4) is 0 Å². The summed E-state index contributed by atoms with van der Waals surface area (Å²) in [6.07, 6.45) is 10.8. The fourth-order valence-corrected chi connectivity index (χ4v) is 10.4. The van der Waals surface area contributed by atoms with Crippen LogP contribution in [0.15, 0.2) is 97.1 Å². The Bertz CT molecular complexity index is 2600. The Morgan fingerprint density at radius 1 is 0.367 bits per heavy atom. The highest BCUT2D eigenvalue weighted by atomic mass is 16.2. The van der Waals surface area contributed by atoms with Gasteiger partial charge in [0.25, 0.3) is 23.6 Å². The lowest BCUT2D eigenvalue weighted by molar-refractivity contribution is 0.0502. The standard InChI is InChI=1S/C54H54N2O4/c1-5-9-23-35(24-10-6-2)55-51(57)39-29-27-37-46-42(34-21-17-14-18-22-34)32-44-48-40(52(58)56(54(44)60)36(25-11-7-3)26-12-8-4)30-28-38(50(46)48)45-41(33-19-15-13-16-20-33)31-43(53(55)59)47(39)49(37)45/h13-22,27-32,35-36H,5-12,23-26H2,1-4H3. The van der Waals surface area contributed by atoms with Gasteiger partial charge >= 0.3 is 0 Å². The fraction of sp³-hybridized carbons (Fsp3) is 0.333. The molecule has 2 aliphatic heterocycles. The molecule has 0 fully saturated rings. The van der Waals surface area contributed by atoms with Gasteiger partial charge in [0, 0.05) is 45.1 Å². The van der Waals surface area contributed by atoms with Crippen molar-refractivity contribution < 1.29 is 19.2 Å². The number of amides is 4. The second-order valence-corrected chi connectivity index (χ2v) is 17.1. The first kappa shape index (κ1) is 39.6. The molecule has 0 atom stereocenters. The number of nitrogens with zero attached hydrogens (tertiary/aromatic N) is 2. The van der Waals surface area contributed by atoms with Crippen molar-refractivity contribution in [3.8, 4) is 22.3 Å². The minimum absolute atomic E-state index is 0.180. The summed E-state index contributed by atoms with van der Waals surface area (Å²) < 4.78 is 0. The van der Waals surface area contributed by atoms with E-state index in [2.05, 4.69) is 64.1 Å². The SMILES string of the molecule is CCCCC(CCCC)N1C(=O)c2ccc3c4c(-c5ccccc5)cc5c6c(ccc(c7c(-c8ccccc8)cc(c2c37)C1=O)c64)C(=O)N(C(CCCC)CCCC)C5=O. The average Bonchev–Trinajstić information content (AvgIpc) is 3.28. The molecule has 304 valence electrons. The third-order valence-electron chi connectivity index (χ3n) is 13.4. The van der Waals surface area contributed by atoms with Crippen molar-refractivity contribution in [2.24, 2.45) is 0 Å². The van der Waals surface area contributed by atoms with Gasteiger partial charge in [-0.15, -0.1) is 0 Å². The Morgan fingerprint density at radius 2 is 0.700 bits per heavy atom. The van der Waals surface area contributed by atoms with Gasteiger partial charge in [-0.25, -0.2) is 0 Å². The van der Waals surface area contributed by atoms with Gasteiger partial charge in [0.05, 0.1) is 0 Å². The van der Waals surface area contributed by atoms with Crippen molar-refractivity contribution in [3.05, 3.63) is 119 Å². The van der Waals surface area contributed by atoms with E-state index in [1.807, 2.05) is 60.7 Å². The first-order valence-electron chi connectivity index (χ1n) is 22.5. The second kappa shape index (κ2) is 16.3. The van der Waals surface area contributed by atoms with Gasteiger partial charge < -0.3 is 0 Å². The number of carbonyl (C=O) groups excluding carboxylic acids is 4. The summed E-state index contributed by atoms with van der Waals surface area (Å²) in [5.74, 6) is -0.930. The minimum Gasteiger partial charge on any atom is -0.271 e. The van der Waals surface area contributed by atoms with Crippen molar-refractivity contribution >= 4 is 66.7 Å². The molecular formula is C54H54N2O4. The summed E-state index contributed by atoms with van der Waals surface area (Å²) in [5, 5.41) is 6.73. The number of hydrogen-bond acceptors (Lipinski definition) is 4. The molecule has 0 spiro atoms. The van der Waals surface area contributed by atoms with Crippen molar-refractivity contribution in [2.75, 3.05) is 0 Å². The van der Waals surface area contributed by atoms with Crippen LogP contribution in [0.1, 0.15) is 146 Å². The van der Waals surface area contributed by atoms with Crippen LogP contribution in [-0.2, 0) is 0 Å². The third kappa shape index (κ3) is 6.21. The summed E-state index contributed by atoms with van der Waals surface area (Å²) in [7, 11) is 0. The van der Waals surface area contributed by atoms with Gasteiger partial charge in [0.2, 0.25) is 0 Å². The van der Waals surface area contributed by atoms with E-state index in [0.29, 0.717) is 33.0 Å². The largest absolute Gasteiger partial charge is 0.271 e. The van der Waals surface area contributed by atoms with Gasteiger partial charge in [0.1, 0.15) is 0 Å². The van der Waals surface area contributed by atoms with Crippen LogP contribution in [0.4, 0.5) is 0 Å². The highest BCUT2D eigenvalue weighted by Crippen LogP contribution is 2.52. The minimum atomic E-state index is -0.234. The number of rotatable bonds is 16. The monoisotopic (exact) mass is 794 g/mol. The molecule has 0 aliphatic carbocycles. The van der Waals surface area contributed by atoms with Gasteiger partial charge in [0.15, 0.2) is 0 Å². The number of hydrogen-bond donors (Lipinski definition) is 0. The molecule has 9 rings (SSSR count). The van der Waals surface area contributed by atoms with Crippen molar-refractivity contribution in [3.63, 3.8) is 0 Å². The Kier molecular flexibility index (Phi) is 10.7. The topological polar surface area (TPSA) is 74.8 Å². The molecule has 2 heterocycles. The number of fused-ring (bicyclic) bond motifs is 2. The lowest BCUT2D eigenvalue weighted by Crippen LogP contribution is -2.47.